The third kappa shape index (κ3) is 6.24. The maximum absolute atomic E-state index is 14.3. The predicted molar refractivity (Wildman–Crippen MR) is 162 cm³/mol. The maximum Gasteiger partial charge on any atom is 0.272 e. The highest BCUT2D eigenvalue weighted by atomic mass is 19.1. The second-order valence-corrected chi connectivity index (χ2v) is 11.9. The van der Waals surface area contributed by atoms with Crippen molar-refractivity contribution in [1.82, 2.24) is 25.1 Å². The first-order chi connectivity index (χ1) is 21.5. The van der Waals surface area contributed by atoms with Gasteiger partial charge in [-0.3, -0.25) is 24.2 Å². The Labute approximate surface area is 260 Å². The van der Waals surface area contributed by atoms with E-state index in [1.165, 1.54) is 59.7 Å². The summed E-state index contributed by atoms with van der Waals surface area (Å²) in [4.78, 5) is 65.5. The molecule has 3 aromatic rings. The Morgan fingerprint density at radius 1 is 1.18 bits per heavy atom. The monoisotopic (exact) mass is 611 g/mol. The van der Waals surface area contributed by atoms with Crippen LogP contribution in [0.25, 0.3) is 0 Å². The van der Waals surface area contributed by atoms with Crippen molar-refractivity contribution in [1.29, 1.82) is 5.26 Å². The first-order valence-electron chi connectivity index (χ1n) is 14.7. The number of amides is 4. The van der Waals surface area contributed by atoms with Crippen LogP contribution in [0.15, 0.2) is 67.1 Å². The molecule has 0 radical (unpaired) electrons. The van der Waals surface area contributed by atoms with Crippen molar-refractivity contribution in [3.8, 4) is 6.07 Å². The zero-order chi connectivity index (χ0) is 32.3. The van der Waals surface area contributed by atoms with Crippen molar-refractivity contribution in [3.63, 3.8) is 0 Å². The summed E-state index contributed by atoms with van der Waals surface area (Å²) >= 11 is 0. The van der Waals surface area contributed by atoms with E-state index in [1.807, 2.05) is 32.0 Å². The molecule has 12 heteroatoms. The number of hydrogen-bond acceptors (Lipinski definition) is 7. The van der Waals surface area contributed by atoms with Crippen molar-refractivity contribution in [2.24, 2.45) is 5.92 Å². The molecule has 1 fully saturated rings. The fourth-order valence-corrected chi connectivity index (χ4v) is 6.15. The molecule has 0 bridgehead atoms. The Morgan fingerprint density at radius 2 is 1.91 bits per heavy atom. The van der Waals surface area contributed by atoms with Gasteiger partial charge in [-0.15, -0.1) is 0 Å². The van der Waals surface area contributed by atoms with Crippen molar-refractivity contribution >= 4 is 29.3 Å². The summed E-state index contributed by atoms with van der Waals surface area (Å²) in [7, 11) is 1.49. The van der Waals surface area contributed by atoms with Gasteiger partial charge in [-0.25, -0.2) is 9.37 Å². The lowest BCUT2D eigenvalue weighted by Crippen LogP contribution is -2.56. The van der Waals surface area contributed by atoms with Gasteiger partial charge in [-0.1, -0.05) is 44.2 Å². The number of para-hydroxylation sites is 1. The molecule has 4 amide bonds. The number of nitriles is 1. The fourth-order valence-electron chi connectivity index (χ4n) is 6.15. The summed E-state index contributed by atoms with van der Waals surface area (Å²) in [5, 5.41) is 15.7. The average Bonchev–Trinajstić information content (AvgIpc) is 3.57. The minimum atomic E-state index is -1.14. The molecule has 0 saturated carbocycles. The number of likely N-dealkylation sites (tertiary alicyclic amines) is 1. The minimum Gasteiger partial charge on any atom is -0.339 e. The van der Waals surface area contributed by atoms with E-state index in [4.69, 9.17) is 0 Å². The van der Waals surface area contributed by atoms with Gasteiger partial charge < -0.3 is 20.4 Å². The number of rotatable bonds is 9. The van der Waals surface area contributed by atoms with E-state index in [2.05, 4.69) is 26.7 Å². The smallest absolute Gasteiger partial charge is 0.272 e. The van der Waals surface area contributed by atoms with Crippen LogP contribution in [0.3, 0.4) is 0 Å². The van der Waals surface area contributed by atoms with E-state index >= 15 is 0 Å². The van der Waals surface area contributed by atoms with Crippen molar-refractivity contribution < 1.29 is 23.6 Å². The summed E-state index contributed by atoms with van der Waals surface area (Å²) in [6, 6.07) is 12.0. The molecule has 2 aromatic carbocycles. The number of benzene rings is 2. The fraction of sp³-hybridized carbons (Fsp3) is 0.364. The van der Waals surface area contributed by atoms with Crippen LogP contribution < -0.4 is 10.6 Å². The highest BCUT2D eigenvalue weighted by Crippen LogP contribution is 2.46. The number of nitrogens with one attached hydrogen (secondary N) is 2. The number of halogens is 1. The van der Waals surface area contributed by atoms with Gasteiger partial charge in [0.1, 0.15) is 29.6 Å². The van der Waals surface area contributed by atoms with E-state index in [1.54, 1.807) is 6.07 Å². The van der Waals surface area contributed by atoms with E-state index in [0.717, 1.165) is 5.56 Å². The number of carbonyl (C=O) groups is 4. The standard InChI is InChI=1S/C33H34FN7O4/c1-20(2)14-28(31(44)41-19-33(16-23(41)17-35)24-6-4-5-7-25(24)39-32(33)45)40(3)30(43)26(15-21-8-10-22(34)11-9-21)38-29(42)27-18-36-12-13-37-27/h4-13,18,20,23,26,28H,14-16,19H2,1-3H3,(H,38,42)(H,39,45)/t23-,26-,28-,33-/m0/s1. The second kappa shape index (κ2) is 12.8. The zero-order valence-electron chi connectivity index (χ0n) is 25.2. The molecule has 45 heavy (non-hydrogen) atoms. The van der Waals surface area contributed by atoms with Gasteiger partial charge in [0, 0.05) is 44.5 Å². The van der Waals surface area contributed by atoms with Crippen molar-refractivity contribution in [2.75, 3.05) is 18.9 Å². The number of aromatic nitrogens is 2. The lowest BCUT2D eigenvalue weighted by molar-refractivity contribution is -0.146. The third-order valence-electron chi connectivity index (χ3n) is 8.46. The number of hydrogen-bond donors (Lipinski definition) is 2. The summed E-state index contributed by atoms with van der Waals surface area (Å²) < 4.78 is 13.6. The zero-order valence-corrected chi connectivity index (χ0v) is 25.2. The molecule has 11 nitrogen and oxygen atoms in total. The Balaban J connectivity index is 1.44. The number of carbonyl (C=O) groups excluding carboxylic acids is 4. The molecule has 1 saturated heterocycles. The maximum atomic E-state index is 14.3. The molecule has 3 heterocycles. The molecule has 1 spiro atoms. The highest BCUT2D eigenvalue weighted by Gasteiger charge is 2.56. The predicted octanol–water partition coefficient (Wildman–Crippen LogP) is 2.84. The normalized spacial score (nSPS) is 19.9. The molecule has 0 aliphatic carbocycles. The van der Waals surface area contributed by atoms with Gasteiger partial charge in [0.2, 0.25) is 17.7 Å². The Bertz CT molecular complexity index is 1640. The van der Waals surface area contributed by atoms with Crippen molar-refractivity contribution in [2.45, 2.75) is 56.7 Å². The van der Waals surface area contributed by atoms with Crippen LogP contribution in [0.1, 0.15) is 48.3 Å². The topological polar surface area (TPSA) is 148 Å². The third-order valence-corrected chi connectivity index (χ3v) is 8.46. The Kier molecular flexibility index (Phi) is 8.90. The SMILES string of the molecule is CC(C)C[C@@H](C(=O)N1C[C@]2(C[C@H]1C#N)C(=O)Nc1ccccc12)N(C)C(=O)[C@H](Cc1ccc(F)cc1)NC(=O)c1cnccn1. The summed E-state index contributed by atoms with van der Waals surface area (Å²) in [6.45, 7) is 3.82. The first kappa shape index (κ1) is 31.3. The number of nitrogens with zero attached hydrogens (tertiary/aromatic N) is 5. The van der Waals surface area contributed by atoms with Gasteiger partial charge in [-0.2, -0.15) is 5.26 Å². The average molecular weight is 612 g/mol. The summed E-state index contributed by atoms with van der Waals surface area (Å²) in [6.07, 6.45) is 4.46. The molecule has 1 aromatic heterocycles. The van der Waals surface area contributed by atoms with Gasteiger partial charge in [-0.05, 0) is 41.7 Å². The second-order valence-electron chi connectivity index (χ2n) is 11.9. The molecule has 5 rings (SSSR count). The van der Waals surface area contributed by atoms with Gasteiger partial charge >= 0.3 is 0 Å². The quantitative estimate of drug-likeness (QED) is 0.378. The van der Waals surface area contributed by atoms with Crippen LogP contribution in [-0.2, 0) is 26.2 Å². The molecular formula is C33H34FN7O4. The van der Waals surface area contributed by atoms with Crippen LogP contribution in [-0.4, -0.2) is 75.1 Å². The van der Waals surface area contributed by atoms with E-state index in [0.29, 0.717) is 11.3 Å². The van der Waals surface area contributed by atoms with E-state index in [9.17, 15) is 28.8 Å². The summed E-state index contributed by atoms with van der Waals surface area (Å²) in [5.41, 5.74) is 0.906. The largest absolute Gasteiger partial charge is 0.339 e. The van der Waals surface area contributed by atoms with Crippen LogP contribution in [0, 0.1) is 23.1 Å². The van der Waals surface area contributed by atoms with Gasteiger partial charge in [0.25, 0.3) is 5.91 Å². The highest BCUT2D eigenvalue weighted by molar-refractivity contribution is 6.07. The van der Waals surface area contributed by atoms with Crippen molar-refractivity contribution in [3.05, 3.63) is 89.8 Å². The molecule has 4 atom stereocenters. The molecular weight excluding hydrogens is 577 g/mol. The molecule has 232 valence electrons. The molecule has 0 unspecified atom stereocenters. The lowest BCUT2D eigenvalue weighted by atomic mass is 9.80. The Morgan fingerprint density at radius 3 is 2.58 bits per heavy atom. The van der Waals surface area contributed by atoms with Crippen LogP contribution in [0.4, 0.5) is 10.1 Å². The molecule has 2 aliphatic heterocycles. The summed E-state index contributed by atoms with van der Waals surface area (Å²) in [5.74, 6) is -2.39. The van der Waals surface area contributed by atoms with Gasteiger partial charge in [0.15, 0.2) is 0 Å². The lowest BCUT2D eigenvalue weighted by Gasteiger charge is -2.35. The van der Waals surface area contributed by atoms with Gasteiger partial charge in [0.05, 0.1) is 17.7 Å². The number of likely N-dealkylation sites (N-methyl/N-ethyl adjacent to an activating group) is 1. The van der Waals surface area contributed by atoms with Crippen LogP contribution >= 0.6 is 0 Å². The Hall–Kier alpha value is -5.18. The first-order valence-corrected chi connectivity index (χ1v) is 14.7. The van der Waals surface area contributed by atoms with Crippen LogP contribution in [0.2, 0.25) is 0 Å². The minimum absolute atomic E-state index is 0.00112. The number of anilines is 1. The molecule has 2 N–H and O–H groups in total. The van der Waals surface area contributed by atoms with E-state index < -0.39 is 47.1 Å². The van der Waals surface area contributed by atoms with Crippen LogP contribution in [0.5, 0.6) is 0 Å². The number of fused-ring (bicyclic) bond motifs is 2. The molecule has 2 aliphatic rings. The van der Waals surface area contributed by atoms with E-state index in [-0.39, 0.29) is 43.3 Å².